The van der Waals surface area contributed by atoms with Crippen LogP contribution in [0.25, 0.3) is 10.8 Å². The van der Waals surface area contributed by atoms with Crippen molar-refractivity contribution in [3.63, 3.8) is 0 Å². The van der Waals surface area contributed by atoms with E-state index >= 15 is 0 Å². The average molecular weight is 363 g/mol. The molecule has 0 aromatic heterocycles. The van der Waals surface area contributed by atoms with Crippen LogP contribution in [0.5, 0.6) is 11.5 Å². The first-order valence-electron chi connectivity index (χ1n) is 9.58. The van der Waals surface area contributed by atoms with Gasteiger partial charge in [0.05, 0.1) is 13.2 Å². The van der Waals surface area contributed by atoms with Crippen molar-refractivity contribution in [1.82, 2.24) is 0 Å². The molecular weight excluding hydrogens is 332 g/mol. The standard InChI is InChI=1S/C22H31ClO2/c1-4-6-14-24-21-12-13-22(20-16-17(3)10-11-19(20)21)25-15-8-7-9-18(23)5-2/h10-13,16,18H,4-9,14-15H2,1-3H3. The molecule has 0 amide bonds. The second kappa shape index (κ2) is 10.6. The minimum Gasteiger partial charge on any atom is -0.493 e. The van der Waals surface area contributed by atoms with Gasteiger partial charge in [0, 0.05) is 16.1 Å². The number of unbranched alkanes of at least 4 members (excludes halogenated alkanes) is 2. The maximum Gasteiger partial charge on any atom is 0.127 e. The van der Waals surface area contributed by atoms with Crippen molar-refractivity contribution >= 4 is 22.4 Å². The van der Waals surface area contributed by atoms with Gasteiger partial charge in [-0.1, -0.05) is 38.0 Å². The van der Waals surface area contributed by atoms with Crippen LogP contribution >= 0.6 is 11.6 Å². The number of benzene rings is 2. The second-order valence-corrected chi connectivity index (χ2v) is 7.28. The van der Waals surface area contributed by atoms with E-state index < -0.39 is 0 Å². The molecule has 0 bridgehead atoms. The molecule has 0 aliphatic rings. The van der Waals surface area contributed by atoms with E-state index in [1.807, 2.05) is 12.1 Å². The van der Waals surface area contributed by atoms with Gasteiger partial charge >= 0.3 is 0 Å². The normalized spacial score (nSPS) is 12.3. The van der Waals surface area contributed by atoms with Gasteiger partial charge in [0.15, 0.2) is 0 Å². The summed E-state index contributed by atoms with van der Waals surface area (Å²) >= 11 is 6.17. The third kappa shape index (κ3) is 6.11. The van der Waals surface area contributed by atoms with Crippen LogP contribution < -0.4 is 9.47 Å². The van der Waals surface area contributed by atoms with Crippen LogP contribution in [0.4, 0.5) is 0 Å². The van der Waals surface area contributed by atoms with E-state index in [9.17, 15) is 0 Å². The molecule has 0 radical (unpaired) electrons. The van der Waals surface area contributed by atoms with Crippen LogP contribution in [-0.4, -0.2) is 18.6 Å². The number of hydrogen-bond donors (Lipinski definition) is 0. The van der Waals surface area contributed by atoms with E-state index in [1.54, 1.807) is 0 Å². The molecule has 2 aromatic rings. The van der Waals surface area contributed by atoms with Crippen LogP contribution in [0.15, 0.2) is 30.3 Å². The van der Waals surface area contributed by atoms with Crippen LogP contribution in [0, 0.1) is 6.92 Å². The summed E-state index contributed by atoms with van der Waals surface area (Å²) in [4.78, 5) is 0. The molecule has 2 rings (SSSR count). The number of halogens is 1. The van der Waals surface area contributed by atoms with Gasteiger partial charge in [-0.15, -0.1) is 11.6 Å². The van der Waals surface area contributed by atoms with Crippen molar-refractivity contribution in [2.75, 3.05) is 13.2 Å². The number of hydrogen-bond acceptors (Lipinski definition) is 2. The smallest absolute Gasteiger partial charge is 0.127 e. The Morgan fingerprint density at radius 3 is 2.24 bits per heavy atom. The van der Waals surface area contributed by atoms with Gasteiger partial charge < -0.3 is 9.47 Å². The largest absolute Gasteiger partial charge is 0.493 e. The Balaban J connectivity index is 2.04. The first kappa shape index (κ1) is 19.9. The van der Waals surface area contributed by atoms with Gasteiger partial charge in [-0.3, -0.25) is 0 Å². The maximum absolute atomic E-state index is 6.17. The van der Waals surface area contributed by atoms with Crippen LogP contribution in [0.2, 0.25) is 0 Å². The van der Waals surface area contributed by atoms with Crippen LogP contribution in [0.1, 0.15) is 57.9 Å². The molecule has 0 spiro atoms. The fourth-order valence-corrected chi connectivity index (χ4v) is 2.99. The molecule has 0 saturated heterocycles. The van der Waals surface area contributed by atoms with Crippen molar-refractivity contribution in [3.05, 3.63) is 35.9 Å². The minimum atomic E-state index is 0.294. The van der Waals surface area contributed by atoms with Crippen molar-refractivity contribution in [1.29, 1.82) is 0 Å². The van der Waals surface area contributed by atoms with E-state index in [0.717, 1.165) is 74.0 Å². The summed E-state index contributed by atoms with van der Waals surface area (Å²) in [5, 5.41) is 2.56. The Kier molecular flexibility index (Phi) is 8.40. The zero-order chi connectivity index (χ0) is 18.1. The summed E-state index contributed by atoms with van der Waals surface area (Å²) in [5.41, 5.74) is 1.23. The molecule has 0 aliphatic heterocycles. The zero-order valence-electron chi connectivity index (χ0n) is 15.8. The molecule has 0 aliphatic carbocycles. The third-order valence-electron chi connectivity index (χ3n) is 4.46. The maximum atomic E-state index is 6.17. The lowest BCUT2D eigenvalue weighted by molar-refractivity contribution is 0.303. The molecule has 0 fully saturated rings. The van der Waals surface area contributed by atoms with Gasteiger partial charge in [0.1, 0.15) is 11.5 Å². The Labute approximate surface area is 157 Å². The highest BCUT2D eigenvalue weighted by Gasteiger charge is 2.09. The summed E-state index contributed by atoms with van der Waals surface area (Å²) in [5.74, 6) is 1.89. The highest BCUT2D eigenvalue weighted by atomic mass is 35.5. The van der Waals surface area contributed by atoms with Crippen molar-refractivity contribution in [3.8, 4) is 11.5 Å². The lowest BCUT2D eigenvalue weighted by atomic mass is 10.1. The molecular formula is C22H31ClO2. The van der Waals surface area contributed by atoms with E-state index in [0.29, 0.717) is 5.38 Å². The summed E-state index contributed by atoms with van der Waals surface area (Å²) < 4.78 is 12.0. The molecule has 138 valence electrons. The quantitative estimate of drug-likeness (QED) is 0.320. The van der Waals surface area contributed by atoms with E-state index in [1.165, 1.54) is 5.56 Å². The summed E-state index contributed by atoms with van der Waals surface area (Å²) in [7, 11) is 0. The topological polar surface area (TPSA) is 18.5 Å². The van der Waals surface area contributed by atoms with Gasteiger partial charge in [-0.25, -0.2) is 0 Å². The fourth-order valence-electron chi connectivity index (χ4n) is 2.84. The first-order valence-corrected chi connectivity index (χ1v) is 10.0. The van der Waals surface area contributed by atoms with E-state index in [4.69, 9.17) is 21.1 Å². The van der Waals surface area contributed by atoms with Gasteiger partial charge in [0.2, 0.25) is 0 Å². The van der Waals surface area contributed by atoms with Crippen molar-refractivity contribution in [2.24, 2.45) is 0 Å². The van der Waals surface area contributed by atoms with Crippen molar-refractivity contribution in [2.45, 2.75) is 64.7 Å². The Morgan fingerprint density at radius 1 is 0.880 bits per heavy atom. The Hall–Kier alpha value is -1.41. The predicted molar refractivity (Wildman–Crippen MR) is 108 cm³/mol. The van der Waals surface area contributed by atoms with Crippen LogP contribution in [0.3, 0.4) is 0 Å². The molecule has 2 aromatic carbocycles. The first-order chi connectivity index (χ1) is 12.2. The number of aryl methyl sites for hydroxylation is 1. The monoisotopic (exact) mass is 362 g/mol. The summed E-state index contributed by atoms with van der Waals surface area (Å²) in [6.07, 6.45) is 6.45. The highest BCUT2D eigenvalue weighted by Crippen LogP contribution is 2.34. The van der Waals surface area contributed by atoms with Crippen molar-refractivity contribution < 1.29 is 9.47 Å². The highest BCUT2D eigenvalue weighted by molar-refractivity contribution is 6.20. The van der Waals surface area contributed by atoms with Gasteiger partial charge in [0.25, 0.3) is 0 Å². The molecule has 0 saturated carbocycles. The number of ether oxygens (including phenoxy) is 2. The van der Waals surface area contributed by atoms with Gasteiger partial charge in [-0.05, 0) is 57.2 Å². The number of fused-ring (bicyclic) bond motifs is 1. The SMILES string of the molecule is CCCCOc1ccc(OCCCCC(Cl)CC)c2cc(C)ccc12. The third-order valence-corrected chi connectivity index (χ3v) is 4.99. The summed E-state index contributed by atoms with van der Waals surface area (Å²) in [6.45, 7) is 7.91. The molecule has 2 nitrogen and oxygen atoms in total. The average Bonchev–Trinajstić information content (AvgIpc) is 2.62. The van der Waals surface area contributed by atoms with E-state index in [2.05, 4.69) is 39.0 Å². The molecule has 0 N–H and O–H groups in total. The Bertz CT molecular complexity index is 654. The molecule has 3 heteroatoms. The predicted octanol–water partition coefficient (Wildman–Crippen LogP) is 6.89. The van der Waals surface area contributed by atoms with Gasteiger partial charge in [-0.2, -0.15) is 0 Å². The van der Waals surface area contributed by atoms with Crippen LogP contribution in [-0.2, 0) is 0 Å². The molecule has 0 heterocycles. The second-order valence-electron chi connectivity index (χ2n) is 6.66. The fraction of sp³-hybridized carbons (Fsp3) is 0.545. The summed E-state index contributed by atoms with van der Waals surface area (Å²) in [6, 6.07) is 10.5. The lowest BCUT2D eigenvalue weighted by Crippen LogP contribution is -2.02. The number of alkyl halides is 1. The van der Waals surface area contributed by atoms with E-state index in [-0.39, 0.29) is 0 Å². The minimum absolute atomic E-state index is 0.294. The molecule has 1 atom stereocenters. The molecule has 25 heavy (non-hydrogen) atoms. The zero-order valence-corrected chi connectivity index (χ0v) is 16.6. The number of rotatable bonds is 11. The molecule has 1 unspecified atom stereocenters. The lowest BCUT2D eigenvalue weighted by Gasteiger charge is -2.14. The Morgan fingerprint density at radius 2 is 1.56 bits per heavy atom.